The molecule has 86 valence electrons. The lowest BCUT2D eigenvalue weighted by atomic mass is 9.97. The highest BCUT2D eigenvalue weighted by atomic mass is 19.1. The maximum absolute atomic E-state index is 13.2. The second-order valence-electron chi connectivity index (χ2n) is 3.92. The minimum atomic E-state index is -1.68. The number of fused-ring (bicyclic) bond motifs is 1. The number of hydrogen-bond acceptors (Lipinski definition) is 2. The molecule has 1 fully saturated rings. The maximum Gasteiger partial charge on any atom is 0.234 e. The Morgan fingerprint density at radius 1 is 1.41 bits per heavy atom. The highest BCUT2D eigenvalue weighted by molar-refractivity contribution is 6.07. The van der Waals surface area contributed by atoms with Gasteiger partial charge in [-0.05, 0) is 23.8 Å². The van der Waals surface area contributed by atoms with E-state index in [4.69, 9.17) is 1.37 Å². The highest BCUT2D eigenvalue weighted by Crippen LogP contribution is 2.30. The Kier molecular flexibility index (Phi) is 1.79. The summed E-state index contributed by atoms with van der Waals surface area (Å²) in [5, 5.41) is 2.56. The van der Waals surface area contributed by atoms with Crippen molar-refractivity contribution < 1.29 is 15.4 Å². The molecule has 2 N–H and O–H groups in total. The SMILES string of the molecule is [2H][C@@]1(c2c[nH]c3ccc(F)cc23)CC(=O)NC1=O. The third-order valence-corrected chi connectivity index (χ3v) is 2.83. The Labute approximate surface area is 97.2 Å². The van der Waals surface area contributed by atoms with Crippen molar-refractivity contribution in [2.45, 2.75) is 12.3 Å². The second kappa shape index (κ2) is 3.41. The first-order valence-corrected chi connectivity index (χ1v) is 5.12. The number of aromatic nitrogens is 1. The number of imide groups is 1. The summed E-state index contributed by atoms with van der Waals surface area (Å²) in [5.41, 5.74) is 0.950. The van der Waals surface area contributed by atoms with Crippen LogP contribution >= 0.6 is 0 Å². The molecule has 1 aromatic heterocycles. The van der Waals surface area contributed by atoms with E-state index in [0.29, 0.717) is 16.5 Å². The lowest BCUT2D eigenvalue weighted by Gasteiger charge is -2.03. The maximum atomic E-state index is 13.2. The molecule has 0 radical (unpaired) electrons. The fourth-order valence-electron chi connectivity index (χ4n) is 2.05. The molecule has 1 saturated heterocycles. The van der Waals surface area contributed by atoms with Gasteiger partial charge >= 0.3 is 0 Å². The highest BCUT2D eigenvalue weighted by Gasteiger charge is 2.33. The van der Waals surface area contributed by atoms with Crippen LogP contribution in [0.2, 0.25) is 0 Å². The Bertz CT molecular complexity index is 682. The average molecular weight is 233 g/mol. The van der Waals surface area contributed by atoms with E-state index < -0.39 is 23.5 Å². The molecule has 3 rings (SSSR count). The van der Waals surface area contributed by atoms with Crippen LogP contribution in [0.1, 0.15) is 19.2 Å². The number of rotatable bonds is 1. The zero-order chi connectivity index (χ0) is 12.9. The largest absolute Gasteiger partial charge is 0.361 e. The summed E-state index contributed by atoms with van der Waals surface area (Å²) < 4.78 is 21.4. The fraction of sp³-hybridized carbons (Fsp3) is 0.167. The lowest BCUT2D eigenvalue weighted by molar-refractivity contribution is -0.125. The first-order chi connectivity index (χ1) is 8.50. The van der Waals surface area contributed by atoms with Gasteiger partial charge in [0.2, 0.25) is 11.8 Å². The molecule has 4 nitrogen and oxygen atoms in total. The van der Waals surface area contributed by atoms with Gasteiger partial charge in [0.1, 0.15) is 5.82 Å². The molecule has 2 aromatic rings. The predicted octanol–water partition coefficient (Wildman–Crippen LogP) is 1.44. The smallest absolute Gasteiger partial charge is 0.234 e. The number of aromatic amines is 1. The van der Waals surface area contributed by atoms with Crippen LogP contribution in [-0.4, -0.2) is 16.8 Å². The molecule has 5 heteroatoms. The zero-order valence-corrected chi connectivity index (χ0v) is 8.71. The van der Waals surface area contributed by atoms with Crippen LogP contribution in [0.4, 0.5) is 4.39 Å². The Morgan fingerprint density at radius 2 is 2.24 bits per heavy atom. The number of H-pyrrole nitrogens is 1. The first-order valence-electron chi connectivity index (χ1n) is 5.62. The molecule has 1 aliphatic heterocycles. The molecule has 0 bridgehead atoms. The number of nitrogens with one attached hydrogen (secondary N) is 2. The first kappa shape index (κ1) is 8.92. The molecule has 2 amide bonds. The van der Waals surface area contributed by atoms with Crippen molar-refractivity contribution in [1.82, 2.24) is 10.3 Å². The zero-order valence-electron chi connectivity index (χ0n) is 9.71. The Morgan fingerprint density at radius 3 is 2.94 bits per heavy atom. The summed E-state index contributed by atoms with van der Waals surface area (Å²) in [4.78, 5) is 25.8. The molecule has 0 unspecified atom stereocenters. The van der Waals surface area contributed by atoms with E-state index in [1.807, 2.05) is 0 Å². The minimum absolute atomic E-state index is 0.241. The summed E-state index contributed by atoms with van der Waals surface area (Å²) in [7, 11) is 0. The standard InChI is InChI=1S/C12H9FN2O2/c13-6-1-2-10-7(3-6)9(5-14-10)8-4-11(16)15-12(8)17/h1-3,5,8,14H,4H2,(H,15,16,17)/t8-/m0/s1/i8D. The molecular weight excluding hydrogens is 223 g/mol. The van der Waals surface area contributed by atoms with Crippen LogP contribution in [0.25, 0.3) is 10.9 Å². The van der Waals surface area contributed by atoms with Crippen molar-refractivity contribution in [3.05, 3.63) is 35.8 Å². The van der Waals surface area contributed by atoms with E-state index in [0.717, 1.165) is 0 Å². The van der Waals surface area contributed by atoms with Gasteiger partial charge in [0.05, 0.1) is 5.89 Å². The van der Waals surface area contributed by atoms with E-state index >= 15 is 0 Å². The minimum Gasteiger partial charge on any atom is -0.361 e. The number of amides is 2. The summed E-state index contributed by atoms with van der Waals surface area (Å²) >= 11 is 0. The molecular formula is C12H9FN2O2. The number of carbonyl (C=O) groups excluding carboxylic acids is 2. The summed E-state index contributed by atoms with van der Waals surface area (Å²) in [6, 6.07) is 4.08. The van der Waals surface area contributed by atoms with E-state index in [1.165, 1.54) is 24.4 Å². The van der Waals surface area contributed by atoms with Crippen LogP contribution in [0, 0.1) is 5.82 Å². The molecule has 0 saturated carbocycles. The third kappa shape index (κ3) is 1.51. The van der Waals surface area contributed by atoms with E-state index in [1.54, 1.807) is 0 Å². The normalized spacial score (nSPS) is 25.1. The van der Waals surface area contributed by atoms with Crippen LogP contribution in [0.3, 0.4) is 0 Å². The summed E-state index contributed by atoms with van der Waals surface area (Å²) in [6.07, 6.45) is 1.24. The second-order valence-corrected chi connectivity index (χ2v) is 3.92. The number of carbonyl (C=O) groups is 2. The quantitative estimate of drug-likeness (QED) is 0.732. The van der Waals surface area contributed by atoms with Crippen molar-refractivity contribution in [2.75, 3.05) is 0 Å². The lowest BCUT2D eigenvalue weighted by Crippen LogP contribution is -2.21. The van der Waals surface area contributed by atoms with Crippen LogP contribution in [-0.2, 0) is 9.59 Å². The van der Waals surface area contributed by atoms with E-state index in [9.17, 15) is 14.0 Å². The van der Waals surface area contributed by atoms with Gasteiger partial charge in [-0.3, -0.25) is 14.9 Å². The molecule has 2 heterocycles. The van der Waals surface area contributed by atoms with Crippen molar-refractivity contribution >= 4 is 22.7 Å². The monoisotopic (exact) mass is 233 g/mol. The van der Waals surface area contributed by atoms with Crippen LogP contribution in [0.15, 0.2) is 24.4 Å². The van der Waals surface area contributed by atoms with Crippen molar-refractivity contribution in [3.63, 3.8) is 0 Å². The number of benzene rings is 1. The van der Waals surface area contributed by atoms with Gasteiger partial charge in [0, 0.05) is 24.9 Å². The molecule has 1 aromatic carbocycles. The molecule has 0 spiro atoms. The Hall–Kier alpha value is -2.17. The van der Waals surface area contributed by atoms with Gasteiger partial charge in [-0.15, -0.1) is 0 Å². The predicted molar refractivity (Wildman–Crippen MR) is 58.8 cm³/mol. The number of hydrogen-bond donors (Lipinski definition) is 2. The summed E-state index contributed by atoms with van der Waals surface area (Å²) in [6.45, 7) is 0. The van der Waals surface area contributed by atoms with Gasteiger partial charge in [0.25, 0.3) is 0 Å². The van der Waals surface area contributed by atoms with Crippen LogP contribution in [0.5, 0.6) is 0 Å². The third-order valence-electron chi connectivity index (χ3n) is 2.83. The van der Waals surface area contributed by atoms with Crippen molar-refractivity contribution in [3.8, 4) is 0 Å². The topological polar surface area (TPSA) is 62.0 Å². The van der Waals surface area contributed by atoms with Gasteiger partial charge in [-0.25, -0.2) is 4.39 Å². The molecule has 1 aliphatic rings. The molecule has 0 aliphatic carbocycles. The summed E-state index contributed by atoms with van der Waals surface area (Å²) in [5.74, 6) is -3.28. The molecule has 17 heavy (non-hydrogen) atoms. The van der Waals surface area contributed by atoms with Crippen LogP contribution < -0.4 is 5.32 Å². The van der Waals surface area contributed by atoms with Crippen molar-refractivity contribution in [1.29, 1.82) is 0 Å². The Balaban J connectivity index is 2.23. The molecule has 1 atom stereocenters. The van der Waals surface area contributed by atoms with Crippen molar-refractivity contribution in [2.24, 2.45) is 0 Å². The average Bonchev–Trinajstić information content (AvgIpc) is 2.81. The van der Waals surface area contributed by atoms with Gasteiger partial charge in [0.15, 0.2) is 0 Å². The number of halogens is 1. The fourth-order valence-corrected chi connectivity index (χ4v) is 2.05. The van der Waals surface area contributed by atoms with Gasteiger partial charge in [-0.1, -0.05) is 0 Å². The van der Waals surface area contributed by atoms with E-state index in [2.05, 4.69) is 10.3 Å². The van der Waals surface area contributed by atoms with Gasteiger partial charge in [-0.2, -0.15) is 0 Å². The van der Waals surface area contributed by atoms with E-state index in [-0.39, 0.29) is 6.42 Å². The van der Waals surface area contributed by atoms with Gasteiger partial charge < -0.3 is 4.98 Å².